The van der Waals surface area contributed by atoms with E-state index in [-0.39, 0.29) is 0 Å². The third kappa shape index (κ3) is 5.81. The second-order valence-electron chi connectivity index (χ2n) is 13.8. The van der Waals surface area contributed by atoms with E-state index < -0.39 is 0 Å². The molecular formula is C52H34N2. The van der Waals surface area contributed by atoms with Crippen molar-refractivity contribution >= 4 is 32.3 Å². The molecule has 2 heterocycles. The minimum atomic E-state index is 0.945. The molecule has 0 saturated carbocycles. The highest BCUT2D eigenvalue weighted by atomic mass is 14.7. The number of hydrogen-bond donors (Lipinski definition) is 0. The fraction of sp³-hybridized carbons (Fsp3) is 0. The van der Waals surface area contributed by atoms with Crippen LogP contribution in [0.25, 0.3) is 99.3 Å². The van der Waals surface area contributed by atoms with Crippen LogP contribution in [0.5, 0.6) is 0 Å². The van der Waals surface area contributed by atoms with E-state index in [1.54, 1.807) is 0 Å². The zero-order valence-corrected chi connectivity index (χ0v) is 29.5. The maximum Gasteiger partial charge on any atom is 0.0715 e. The number of pyridine rings is 2. The first-order valence-corrected chi connectivity index (χ1v) is 18.4. The van der Waals surface area contributed by atoms with Crippen LogP contribution in [0.1, 0.15) is 0 Å². The van der Waals surface area contributed by atoms with E-state index in [1.807, 2.05) is 12.4 Å². The Morgan fingerprint density at radius 1 is 0.259 bits per heavy atom. The van der Waals surface area contributed by atoms with E-state index >= 15 is 0 Å². The van der Waals surface area contributed by atoms with Crippen molar-refractivity contribution in [2.24, 2.45) is 0 Å². The van der Waals surface area contributed by atoms with Gasteiger partial charge in [0.05, 0.1) is 11.4 Å². The number of rotatable bonds is 6. The highest BCUT2D eigenvalue weighted by molar-refractivity contribution is 6.14. The second kappa shape index (κ2) is 13.4. The smallest absolute Gasteiger partial charge is 0.0715 e. The van der Waals surface area contributed by atoms with Gasteiger partial charge in [0.25, 0.3) is 0 Å². The van der Waals surface area contributed by atoms with Crippen LogP contribution >= 0.6 is 0 Å². The van der Waals surface area contributed by atoms with Gasteiger partial charge in [-0.2, -0.15) is 0 Å². The number of hydrogen-bond acceptors (Lipinski definition) is 2. The van der Waals surface area contributed by atoms with Gasteiger partial charge in [-0.3, -0.25) is 4.98 Å². The average molecular weight is 687 g/mol. The maximum atomic E-state index is 5.20. The Morgan fingerprint density at radius 2 is 0.759 bits per heavy atom. The minimum Gasteiger partial charge on any atom is -0.263 e. The van der Waals surface area contributed by atoms with Gasteiger partial charge >= 0.3 is 0 Å². The summed E-state index contributed by atoms with van der Waals surface area (Å²) in [5, 5.41) is 7.31. The maximum absolute atomic E-state index is 5.20. The molecule has 0 spiro atoms. The summed E-state index contributed by atoms with van der Waals surface area (Å²) in [7, 11) is 0. The lowest BCUT2D eigenvalue weighted by Crippen LogP contribution is -1.93. The Balaban J connectivity index is 1.23. The van der Waals surface area contributed by atoms with Gasteiger partial charge in [0.15, 0.2) is 0 Å². The summed E-state index contributed by atoms with van der Waals surface area (Å²) in [5.74, 6) is 0. The van der Waals surface area contributed by atoms with Crippen LogP contribution in [0.4, 0.5) is 0 Å². The van der Waals surface area contributed by atoms with Gasteiger partial charge in [0, 0.05) is 34.5 Å². The van der Waals surface area contributed by atoms with Crippen molar-refractivity contribution in [2.45, 2.75) is 0 Å². The van der Waals surface area contributed by atoms with Crippen LogP contribution in [0, 0.1) is 0 Å². The van der Waals surface area contributed by atoms with Gasteiger partial charge in [-0.15, -0.1) is 0 Å². The molecule has 10 rings (SSSR count). The summed E-state index contributed by atoms with van der Waals surface area (Å²) in [6.45, 7) is 0. The summed E-state index contributed by atoms with van der Waals surface area (Å²) in [4.78, 5) is 9.81. The van der Waals surface area contributed by atoms with E-state index in [2.05, 4.69) is 199 Å². The Hall–Kier alpha value is -7.16. The van der Waals surface area contributed by atoms with Gasteiger partial charge in [-0.1, -0.05) is 152 Å². The molecule has 54 heavy (non-hydrogen) atoms. The summed E-state index contributed by atoms with van der Waals surface area (Å²) >= 11 is 0. The molecule has 2 aromatic heterocycles. The van der Waals surface area contributed by atoms with E-state index in [4.69, 9.17) is 4.98 Å². The molecule has 2 heteroatoms. The molecular weight excluding hydrogens is 653 g/mol. The van der Waals surface area contributed by atoms with Crippen molar-refractivity contribution < 1.29 is 0 Å². The Morgan fingerprint density at radius 3 is 1.48 bits per heavy atom. The molecule has 2 nitrogen and oxygen atoms in total. The number of nitrogens with zero attached hydrogens (tertiary/aromatic N) is 2. The third-order valence-electron chi connectivity index (χ3n) is 10.5. The molecule has 0 aliphatic heterocycles. The highest BCUT2D eigenvalue weighted by Crippen LogP contribution is 2.41. The Kier molecular flexibility index (Phi) is 7.85. The second-order valence-corrected chi connectivity index (χ2v) is 13.8. The molecule has 0 amide bonds. The van der Waals surface area contributed by atoms with Crippen LogP contribution in [-0.4, -0.2) is 9.97 Å². The van der Waals surface area contributed by atoms with Crippen molar-refractivity contribution in [3.63, 3.8) is 0 Å². The average Bonchev–Trinajstić information content (AvgIpc) is 3.26. The first-order chi connectivity index (χ1) is 26.7. The topological polar surface area (TPSA) is 25.8 Å². The molecule has 0 aliphatic carbocycles. The van der Waals surface area contributed by atoms with E-state index in [0.29, 0.717) is 0 Å². The van der Waals surface area contributed by atoms with Crippen molar-refractivity contribution in [3.8, 4) is 67.0 Å². The molecule has 8 aromatic carbocycles. The lowest BCUT2D eigenvalue weighted by atomic mass is 9.88. The van der Waals surface area contributed by atoms with Crippen LogP contribution in [-0.2, 0) is 0 Å². The van der Waals surface area contributed by atoms with Crippen LogP contribution in [0.3, 0.4) is 0 Å². The fourth-order valence-electron chi connectivity index (χ4n) is 7.83. The summed E-state index contributed by atoms with van der Waals surface area (Å²) in [5.41, 5.74) is 13.3. The molecule has 0 fully saturated rings. The lowest BCUT2D eigenvalue weighted by Gasteiger charge is -2.16. The van der Waals surface area contributed by atoms with Crippen LogP contribution < -0.4 is 0 Å². The predicted molar refractivity (Wildman–Crippen MR) is 227 cm³/mol. The molecule has 0 aliphatic rings. The molecule has 0 unspecified atom stereocenters. The highest BCUT2D eigenvalue weighted by Gasteiger charge is 2.15. The number of benzene rings is 8. The Labute approximate surface area is 314 Å². The predicted octanol–water partition coefficient (Wildman–Crippen LogP) is 13.9. The van der Waals surface area contributed by atoms with Crippen LogP contribution in [0.15, 0.2) is 207 Å². The molecule has 0 bridgehead atoms. The van der Waals surface area contributed by atoms with Crippen molar-refractivity contribution in [1.29, 1.82) is 0 Å². The van der Waals surface area contributed by atoms with E-state index in [9.17, 15) is 0 Å². The zero-order valence-electron chi connectivity index (χ0n) is 29.5. The van der Waals surface area contributed by atoms with Crippen LogP contribution in [0.2, 0.25) is 0 Å². The first-order valence-electron chi connectivity index (χ1n) is 18.4. The minimum absolute atomic E-state index is 0.945. The molecule has 10 aromatic rings. The molecule has 0 saturated heterocycles. The summed E-state index contributed by atoms with van der Waals surface area (Å²) in [6, 6.07) is 69.7. The van der Waals surface area contributed by atoms with Gasteiger partial charge < -0.3 is 0 Å². The molecule has 0 atom stereocenters. The molecule has 252 valence electrons. The third-order valence-corrected chi connectivity index (χ3v) is 10.5. The largest absolute Gasteiger partial charge is 0.263 e. The summed E-state index contributed by atoms with van der Waals surface area (Å²) in [6.07, 6.45) is 3.92. The lowest BCUT2D eigenvalue weighted by molar-refractivity contribution is 1.32. The van der Waals surface area contributed by atoms with Gasteiger partial charge in [0.2, 0.25) is 0 Å². The van der Waals surface area contributed by atoms with Gasteiger partial charge in [0.1, 0.15) is 0 Å². The monoisotopic (exact) mass is 686 g/mol. The van der Waals surface area contributed by atoms with Gasteiger partial charge in [-0.25, -0.2) is 4.98 Å². The SMILES string of the molecule is c1ccc(-c2cc(-c3cc(-c4cccc(-c5cncc6ccccc56)c4)cc(-c4cc5ccccc5c5ccccc45)c3)cc(-c3ccccc3)n2)cc1. The standard InChI is InChI=1S/C52H34N2/c1-3-14-35(15-4-1)51-31-43(32-52(54-51)36-16-5-2-6-17-36)42-27-41(37-20-13-21-38(26-37)50-34-53-33-40-19-8-10-23-46(40)50)28-44(29-42)49-30-39-18-7-9-22-45(39)47-24-11-12-25-48(47)49/h1-34H. The quantitative estimate of drug-likeness (QED) is 0.163. The fourth-order valence-corrected chi connectivity index (χ4v) is 7.83. The number of fused-ring (bicyclic) bond motifs is 4. The van der Waals surface area contributed by atoms with Crippen molar-refractivity contribution in [2.75, 3.05) is 0 Å². The molecule has 0 radical (unpaired) electrons. The van der Waals surface area contributed by atoms with Crippen molar-refractivity contribution in [3.05, 3.63) is 207 Å². The first kappa shape index (κ1) is 31.6. The van der Waals surface area contributed by atoms with Gasteiger partial charge in [-0.05, 0) is 108 Å². The number of aromatic nitrogens is 2. The van der Waals surface area contributed by atoms with E-state index in [0.717, 1.165) is 61.3 Å². The Bertz CT molecular complexity index is 2920. The zero-order chi connectivity index (χ0) is 35.8. The normalized spacial score (nSPS) is 11.3. The van der Waals surface area contributed by atoms with E-state index in [1.165, 1.54) is 38.1 Å². The summed E-state index contributed by atoms with van der Waals surface area (Å²) < 4.78 is 0. The molecule has 0 N–H and O–H groups in total. The van der Waals surface area contributed by atoms with Crippen molar-refractivity contribution in [1.82, 2.24) is 9.97 Å².